The van der Waals surface area contributed by atoms with Crippen molar-refractivity contribution in [2.24, 2.45) is 5.73 Å². The number of benzene rings is 3. The van der Waals surface area contributed by atoms with Crippen LogP contribution in [0.5, 0.6) is 0 Å². The van der Waals surface area contributed by atoms with Crippen LogP contribution in [0.4, 0.5) is 11.4 Å². The van der Waals surface area contributed by atoms with Crippen LogP contribution in [0.3, 0.4) is 0 Å². The number of hydrogen-bond donors (Lipinski definition) is 3. The Morgan fingerprint density at radius 3 is 2.15 bits per heavy atom. The average Bonchev–Trinajstić information content (AvgIpc) is 2.69. The molecule has 2 amide bonds. The quantitative estimate of drug-likeness (QED) is 0.604. The van der Waals surface area contributed by atoms with Gasteiger partial charge in [0.1, 0.15) is 0 Å². The summed E-state index contributed by atoms with van der Waals surface area (Å²) in [7, 11) is 0. The van der Waals surface area contributed by atoms with Gasteiger partial charge in [0, 0.05) is 11.4 Å². The number of primary amides is 1. The summed E-state index contributed by atoms with van der Waals surface area (Å²) in [6.45, 7) is 0.0317. The summed E-state index contributed by atoms with van der Waals surface area (Å²) in [5.74, 6) is -0.735. The van der Waals surface area contributed by atoms with Crippen molar-refractivity contribution in [3.8, 4) is 0 Å². The molecule has 0 aliphatic heterocycles. The molecule has 0 bridgehead atoms. The average molecular weight is 359 g/mol. The molecule has 0 atom stereocenters. The van der Waals surface area contributed by atoms with E-state index in [9.17, 15) is 9.59 Å². The standard InChI is InChI=1S/C22H21N3O2/c23-22(27)18-11-5-7-13-20(18)24-15-21(26)25-19-12-6-4-10-17(19)14-16-8-2-1-3-9-16/h1-13,24H,14-15H2,(H2,23,27)(H,25,26). The van der Waals surface area contributed by atoms with Crippen molar-refractivity contribution in [2.75, 3.05) is 17.2 Å². The molecule has 3 aromatic rings. The highest BCUT2D eigenvalue weighted by molar-refractivity contribution is 6.00. The van der Waals surface area contributed by atoms with Crippen LogP contribution < -0.4 is 16.4 Å². The highest BCUT2D eigenvalue weighted by Gasteiger charge is 2.10. The molecule has 3 rings (SSSR count). The maximum Gasteiger partial charge on any atom is 0.250 e. The fourth-order valence-electron chi connectivity index (χ4n) is 2.83. The fourth-order valence-corrected chi connectivity index (χ4v) is 2.83. The first-order valence-corrected chi connectivity index (χ1v) is 8.68. The number of nitrogens with two attached hydrogens (primary N) is 1. The van der Waals surface area contributed by atoms with Crippen LogP contribution in [0.1, 0.15) is 21.5 Å². The first kappa shape index (κ1) is 18.2. The lowest BCUT2D eigenvalue weighted by Gasteiger charge is -2.13. The number of rotatable bonds is 7. The maximum absolute atomic E-state index is 12.4. The molecular weight excluding hydrogens is 338 g/mol. The predicted octanol–water partition coefficient (Wildman–Crippen LogP) is 3.43. The zero-order valence-electron chi connectivity index (χ0n) is 14.8. The first-order chi connectivity index (χ1) is 13.1. The molecule has 0 aliphatic carbocycles. The van der Waals surface area contributed by atoms with Gasteiger partial charge in [-0.15, -0.1) is 0 Å². The lowest BCUT2D eigenvalue weighted by atomic mass is 10.0. The number of para-hydroxylation sites is 2. The van der Waals surface area contributed by atoms with Crippen LogP contribution in [0.15, 0.2) is 78.9 Å². The third-order valence-corrected chi connectivity index (χ3v) is 4.16. The molecule has 0 spiro atoms. The van der Waals surface area contributed by atoms with E-state index in [1.807, 2.05) is 42.5 Å². The van der Waals surface area contributed by atoms with Crippen molar-refractivity contribution in [2.45, 2.75) is 6.42 Å². The first-order valence-electron chi connectivity index (χ1n) is 8.68. The van der Waals surface area contributed by atoms with Crippen LogP contribution in [0.2, 0.25) is 0 Å². The number of hydrogen-bond acceptors (Lipinski definition) is 3. The molecule has 0 saturated carbocycles. The number of anilines is 2. The second-order valence-electron chi connectivity index (χ2n) is 6.13. The Morgan fingerprint density at radius 1 is 0.778 bits per heavy atom. The molecule has 5 nitrogen and oxygen atoms in total. The zero-order chi connectivity index (χ0) is 19.1. The molecule has 0 aromatic heterocycles. The van der Waals surface area contributed by atoms with Gasteiger partial charge in [0.05, 0.1) is 12.1 Å². The van der Waals surface area contributed by atoms with Crippen molar-refractivity contribution < 1.29 is 9.59 Å². The minimum atomic E-state index is -0.535. The Kier molecular flexibility index (Phi) is 5.84. The Morgan fingerprint density at radius 2 is 1.41 bits per heavy atom. The molecule has 136 valence electrons. The third kappa shape index (κ3) is 4.95. The second-order valence-corrected chi connectivity index (χ2v) is 6.13. The molecule has 0 fully saturated rings. The Balaban J connectivity index is 1.66. The summed E-state index contributed by atoms with van der Waals surface area (Å²) in [5, 5.41) is 5.90. The van der Waals surface area contributed by atoms with E-state index in [4.69, 9.17) is 5.73 Å². The van der Waals surface area contributed by atoms with Crippen LogP contribution >= 0.6 is 0 Å². The third-order valence-electron chi connectivity index (χ3n) is 4.16. The van der Waals surface area contributed by atoms with Gasteiger partial charge in [-0.25, -0.2) is 0 Å². The number of carbonyl (C=O) groups excluding carboxylic acids is 2. The topological polar surface area (TPSA) is 84.2 Å². The van der Waals surface area contributed by atoms with Gasteiger partial charge in [-0.05, 0) is 35.7 Å². The van der Waals surface area contributed by atoms with E-state index >= 15 is 0 Å². The van der Waals surface area contributed by atoms with E-state index in [0.717, 1.165) is 17.7 Å². The summed E-state index contributed by atoms with van der Waals surface area (Å²) in [6.07, 6.45) is 0.731. The largest absolute Gasteiger partial charge is 0.376 e. The SMILES string of the molecule is NC(=O)c1ccccc1NCC(=O)Nc1ccccc1Cc1ccccc1. The van der Waals surface area contributed by atoms with Crippen LogP contribution in [0.25, 0.3) is 0 Å². The van der Waals surface area contributed by atoms with E-state index < -0.39 is 5.91 Å². The number of amides is 2. The van der Waals surface area contributed by atoms with Gasteiger partial charge in [-0.1, -0.05) is 60.7 Å². The Bertz CT molecular complexity index is 939. The van der Waals surface area contributed by atoms with E-state index in [2.05, 4.69) is 22.8 Å². The zero-order valence-corrected chi connectivity index (χ0v) is 14.8. The van der Waals surface area contributed by atoms with Crippen molar-refractivity contribution in [3.05, 3.63) is 95.6 Å². The summed E-state index contributed by atoms with van der Waals surface area (Å²) in [4.78, 5) is 23.8. The Hall–Kier alpha value is -3.60. The molecule has 4 N–H and O–H groups in total. The molecule has 0 heterocycles. The molecule has 0 unspecified atom stereocenters. The van der Waals surface area contributed by atoms with Gasteiger partial charge in [-0.2, -0.15) is 0 Å². The van der Waals surface area contributed by atoms with Gasteiger partial charge in [0.2, 0.25) is 5.91 Å². The normalized spacial score (nSPS) is 10.2. The summed E-state index contributed by atoms with van der Waals surface area (Å²) in [6, 6.07) is 24.7. The minimum Gasteiger partial charge on any atom is -0.376 e. The fraction of sp³-hybridized carbons (Fsp3) is 0.0909. The van der Waals surface area contributed by atoms with E-state index in [1.54, 1.807) is 24.3 Å². The summed E-state index contributed by atoms with van der Waals surface area (Å²) in [5.41, 5.74) is 9.24. The van der Waals surface area contributed by atoms with E-state index in [-0.39, 0.29) is 12.5 Å². The number of carbonyl (C=O) groups is 2. The Labute approximate surface area is 158 Å². The van der Waals surface area contributed by atoms with Crippen molar-refractivity contribution in [1.29, 1.82) is 0 Å². The highest BCUT2D eigenvalue weighted by atomic mass is 16.2. The van der Waals surface area contributed by atoms with Crippen molar-refractivity contribution in [3.63, 3.8) is 0 Å². The van der Waals surface area contributed by atoms with Crippen LogP contribution in [-0.2, 0) is 11.2 Å². The van der Waals surface area contributed by atoms with Crippen LogP contribution in [-0.4, -0.2) is 18.4 Å². The molecule has 5 heteroatoms. The van der Waals surface area contributed by atoms with Crippen molar-refractivity contribution in [1.82, 2.24) is 0 Å². The maximum atomic E-state index is 12.4. The van der Waals surface area contributed by atoms with Gasteiger partial charge in [0.15, 0.2) is 0 Å². The molecule has 0 saturated heterocycles. The molecular formula is C22H21N3O2. The second kappa shape index (κ2) is 8.67. The van der Waals surface area contributed by atoms with Gasteiger partial charge in [0.25, 0.3) is 5.91 Å². The van der Waals surface area contributed by atoms with Gasteiger partial charge >= 0.3 is 0 Å². The van der Waals surface area contributed by atoms with E-state index in [1.165, 1.54) is 5.56 Å². The van der Waals surface area contributed by atoms with Gasteiger partial charge in [-0.3, -0.25) is 9.59 Å². The minimum absolute atomic E-state index is 0.0317. The number of nitrogens with one attached hydrogen (secondary N) is 2. The van der Waals surface area contributed by atoms with Crippen LogP contribution in [0, 0.1) is 0 Å². The predicted molar refractivity (Wildman–Crippen MR) is 108 cm³/mol. The summed E-state index contributed by atoms with van der Waals surface area (Å²) >= 11 is 0. The van der Waals surface area contributed by atoms with Gasteiger partial charge < -0.3 is 16.4 Å². The monoisotopic (exact) mass is 359 g/mol. The van der Waals surface area contributed by atoms with E-state index in [0.29, 0.717) is 11.3 Å². The lowest BCUT2D eigenvalue weighted by molar-refractivity contribution is -0.114. The lowest BCUT2D eigenvalue weighted by Crippen LogP contribution is -2.24. The summed E-state index contributed by atoms with van der Waals surface area (Å²) < 4.78 is 0. The smallest absolute Gasteiger partial charge is 0.250 e. The molecule has 3 aromatic carbocycles. The molecule has 0 radical (unpaired) electrons. The molecule has 0 aliphatic rings. The molecule has 27 heavy (non-hydrogen) atoms. The van der Waals surface area contributed by atoms with Crippen molar-refractivity contribution >= 4 is 23.2 Å². The highest BCUT2D eigenvalue weighted by Crippen LogP contribution is 2.19.